The van der Waals surface area contributed by atoms with Crippen LogP contribution in [0.15, 0.2) is 0 Å². The molecule has 1 unspecified atom stereocenters. The summed E-state index contributed by atoms with van der Waals surface area (Å²) in [4.78, 5) is 11.3. The Balaban J connectivity index is 2.03. The lowest BCUT2D eigenvalue weighted by Crippen LogP contribution is -2.44. The predicted molar refractivity (Wildman–Crippen MR) is 67.5 cm³/mol. The molecular formula is C12H24N2O4. The van der Waals surface area contributed by atoms with E-state index in [-0.39, 0.29) is 0 Å². The average molecular weight is 260 g/mol. The van der Waals surface area contributed by atoms with E-state index in [0.29, 0.717) is 39.3 Å². The summed E-state index contributed by atoms with van der Waals surface area (Å²) < 4.78 is 10.2. The number of amides is 1. The number of aliphatic hydroxyl groups is 1. The zero-order chi connectivity index (χ0) is 13.6. The van der Waals surface area contributed by atoms with Gasteiger partial charge in [-0.15, -0.1) is 0 Å². The Labute approximate surface area is 108 Å². The van der Waals surface area contributed by atoms with Crippen molar-refractivity contribution in [3.63, 3.8) is 0 Å². The molecule has 0 spiro atoms. The molecule has 1 rings (SSSR count). The molecule has 0 aromatic rings. The number of carbonyl (C=O) groups excluding carboxylic acids is 1. The second-order valence-electron chi connectivity index (χ2n) is 5.63. The molecule has 1 atom stereocenters. The van der Waals surface area contributed by atoms with E-state index in [1.165, 1.54) is 0 Å². The van der Waals surface area contributed by atoms with Gasteiger partial charge in [-0.25, -0.2) is 4.79 Å². The lowest BCUT2D eigenvalue weighted by atomic mass is 10.0. The van der Waals surface area contributed by atoms with Gasteiger partial charge < -0.3 is 25.2 Å². The zero-order valence-corrected chi connectivity index (χ0v) is 11.4. The summed E-state index contributed by atoms with van der Waals surface area (Å²) in [5, 5.41) is 15.7. The maximum absolute atomic E-state index is 11.3. The summed E-state index contributed by atoms with van der Waals surface area (Å²) in [5.41, 5.74) is -1.24. The van der Waals surface area contributed by atoms with E-state index in [0.717, 1.165) is 0 Å². The van der Waals surface area contributed by atoms with Crippen LogP contribution in [0.25, 0.3) is 0 Å². The minimum absolute atomic E-state index is 0.374. The lowest BCUT2D eigenvalue weighted by Gasteiger charge is -2.21. The van der Waals surface area contributed by atoms with Crippen LogP contribution in [-0.4, -0.2) is 55.2 Å². The molecule has 6 heteroatoms. The molecule has 0 aromatic carbocycles. The van der Waals surface area contributed by atoms with Gasteiger partial charge in [0.2, 0.25) is 0 Å². The van der Waals surface area contributed by atoms with E-state index in [4.69, 9.17) is 9.47 Å². The molecule has 1 aliphatic heterocycles. The van der Waals surface area contributed by atoms with Gasteiger partial charge >= 0.3 is 6.09 Å². The summed E-state index contributed by atoms with van der Waals surface area (Å²) in [7, 11) is 0. The lowest BCUT2D eigenvalue weighted by molar-refractivity contribution is 0.0272. The summed E-state index contributed by atoms with van der Waals surface area (Å²) in [6.45, 7) is 7.96. The third-order valence-electron chi connectivity index (χ3n) is 2.51. The summed E-state index contributed by atoms with van der Waals surface area (Å²) in [6, 6.07) is 0. The van der Waals surface area contributed by atoms with Crippen molar-refractivity contribution in [3.05, 3.63) is 0 Å². The number of rotatable bonds is 5. The van der Waals surface area contributed by atoms with Crippen LogP contribution < -0.4 is 10.6 Å². The van der Waals surface area contributed by atoms with Crippen molar-refractivity contribution < 1.29 is 19.4 Å². The van der Waals surface area contributed by atoms with Gasteiger partial charge in [0, 0.05) is 32.7 Å². The Morgan fingerprint density at radius 1 is 1.44 bits per heavy atom. The van der Waals surface area contributed by atoms with E-state index in [2.05, 4.69) is 10.6 Å². The van der Waals surface area contributed by atoms with Gasteiger partial charge in [-0.3, -0.25) is 0 Å². The highest BCUT2D eigenvalue weighted by atomic mass is 16.6. The van der Waals surface area contributed by atoms with E-state index in [1.807, 2.05) is 20.8 Å². The molecule has 3 N–H and O–H groups in total. The van der Waals surface area contributed by atoms with Crippen LogP contribution in [-0.2, 0) is 9.47 Å². The second kappa shape index (κ2) is 6.36. The Hall–Kier alpha value is -0.850. The highest BCUT2D eigenvalue weighted by molar-refractivity contribution is 5.67. The summed E-state index contributed by atoms with van der Waals surface area (Å²) >= 11 is 0. The number of ether oxygens (including phenoxy) is 2. The monoisotopic (exact) mass is 260 g/mol. The Kier molecular flexibility index (Phi) is 5.37. The normalized spacial score (nSPS) is 24.0. The first-order valence-electron chi connectivity index (χ1n) is 6.28. The first-order valence-corrected chi connectivity index (χ1v) is 6.28. The molecule has 1 heterocycles. The molecule has 106 valence electrons. The number of alkyl carbamates (subject to hydrolysis) is 1. The first kappa shape index (κ1) is 15.2. The van der Waals surface area contributed by atoms with Gasteiger partial charge in [0.1, 0.15) is 11.2 Å². The minimum Gasteiger partial charge on any atom is -0.444 e. The van der Waals surface area contributed by atoms with E-state index in [9.17, 15) is 9.90 Å². The molecule has 1 aliphatic rings. The smallest absolute Gasteiger partial charge is 0.407 e. The molecular weight excluding hydrogens is 236 g/mol. The van der Waals surface area contributed by atoms with Crippen LogP contribution in [0.3, 0.4) is 0 Å². The summed E-state index contributed by atoms with van der Waals surface area (Å²) in [5.74, 6) is 0. The number of carbonyl (C=O) groups is 1. The van der Waals surface area contributed by atoms with Crippen LogP contribution in [0, 0.1) is 0 Å². The van der Waals surface area contributed by atoms with E-state index < -0.39 is 17.3 Å². The predicted octanol–water partition coefficient (Wildman–Crippen LogP) is 0.252. The third-order valence-corrected chi connectivity index (χ3v) is 2.51. The van der Waals surface area contributed by atoms with Gasteiger partial charge in [0.25, 0.3) is 0 Å². The molecule has 6 nitrogen and oxygen atoms in total. The van der Waals surface area contributed by atoms with Crippen molar-refractivity contribution in [2.24, 2.45) is 0 Å². The molecule has 18 heavy (non-hydrogen) atoms. The third kappa shape index (κ3) is 6.18. The fourth-order valence-electron chi connectivity index (χ4n) is 1.62. The number of hydrogen-bond acceptors (Lipinski definition) is 5. The van der Waals surface area contributed by atoms with Crippen LogP contribution in [0.4, 0.5) is 4.79 Å². The van der Waals surface area contributed by atoms with Gasteiger partial charge in [-0.1, -0.05) is 0 Å². The topological polar surface area (TPSA) is 79.8 Å². The maximum atomic E-state index is 11.3. The molecule has 0 aliphatic carbocycles. The zero-order valence-electron chi connectivity index (χ0n) is 11.4. The van der Waals surface area contributed by atoms with Crippen molar-refractivity contribution >= 4 is 6.09 Å². The van der Waals surface area contributed by atoms with Crippen molar-refractivity contribution in [2.75, 3.05) is 32.8 Å². The van der Waals surface area contributed by atoms with E-state index >= 15 is 0 Å². The van der Waals surface area contributed by atoms with E-state index in [1.54, 1.807) is 0 Å². The maximum Gasteiger partial charge on any atom is 0.407 e. The Bertz CT molecular complexity index is 270. The number of nitrogens with one attached hydrogen (secondary N) is 2. The van der Waals surface area contributed by atoms with Crippen molar-refractivity contribution in [1.29, 1.82) is 0 Å². The van der Waals surface area contributed by atoms with Crippen molar-refractivity contribution in [1.82, 2.24) is 10.6 Å². The molecule has 0 radical (unpaired) electrons. The van der Waals surface area contributed by atoms with Gasteiger partial charge in [-0.2, -0.15) is 0 Å². The highest BCUT2D eigenvalue weighted by Gasteiger charge is 2.31. The van der Waals surface area contributed by atoms with Crippen molar-refractivity contribution in [2.45, 2.75) is 38.4 Å². The average Bonchev–Trinajstić information content (AvgIpc) is 2.62. The highest BCUT2D eigenvalue weighted by Crippen LogP contribution is 2.16. The molecule has 0 saturated carbocycles. The SMILES string of the molecule is CC(C)(C)OC(=O)NCCNCC1(O)CCOC1. The molecule has 1 fully saturated rings. The van der Waals surface area contributed by atoms with Crippen LogP contribution in [0.1, 0.15) is 27.2 Å². The van der Waals surface area contributed by atoms with Crippen LogP contribution >= 0.6 is 0 Å². The first-order chi connectivity index (χ1) is 8.31. The van der Waals surface area contributed by atoms with Gasteiger partial charge in [-0.05, 0) is 20.8 Å². The number of hydrogen-bond donors (Lipinski definition) is 3. The summed E-state index contributed by atoms with van der Waals surface area (Å²) in [6.07, 6.45) is 0.228. The standard InChI is InChI=1S/C12H24N2O4/c1-11(2,3)18-10(15)14-6-5-13-8-12(16)4-7-17-9-12/h13,16H,4-9H2,1-3H3,(H,14,15). The Morgan fingerprint density at radius 2 is 2.17 bits per heavy atom. The molecule has 1 saturated heterocycles. The van der Waals surface area contributed by atoms with Gasteiger partial charge in [0.05, 0.1) is 6.61 Å². The second-order valence-corrected chi connectivity index (χ2v) is 5.63. The van der Waals surface area contributed by atoms with Crippen LogP contribution in [0.2, 0.25) is 0 Å². The Morgan fingerprint density at radius 3 is 2.72 bits per heavy atom. The largest absolute Gasteiger partial charge is 0.444 e. The molecule has 0 bridgehead atoms. The quantitative estimate of drug-likeness (QED) is 0.618. The molecule has 0 aromatic heterocycles. The molecule has 1 amide bonds. The van der Waals surface area contributed by atoms with Crippen LogP contribution in [0.5, 0.6) is 0 Å². The van der Waals surface area contributed by atoms with Crippen molar-refractivity contribution in [3.8, 4) is 0 Å². The van der Waals surface area contributed by atoms with Gasteiger partial charge in [0.15, 0.2) is 0 Å². The fraction of sp³-hybridized carbons (Fsp3) is 0.917. The fourth-order valence-corrected chi connectivity index (χ4v) is 1.62. The minimum atomic E-state index is -0.758.